The summed E-state index contributed by atoms with van der Waals surface area (Å²) in [6.45, 7) is 2.68. The minimum absolute atomic E-state index is 0.00301. The molecular formula is C40H40ClF2N9O5. The first kappa shape index (κ1) is 39.1. The van der Waals surface area contributed by atoms with Gasteiger partial charge in [-0.2, -0.15) is 19.0 Å². The van der Waals surface area contributed by atoms with Gasteiger partial charge in [-0.15, -0.1) is 4.99 Å². The van der Waals surface area contributed by atoms with Crippen LogP contribution in [-0.4, -0.2) is 66.6 Å². The minimum Gasteiger partial charge on any atom is -0.447 e. The van der Waals surface area contributed by atoms with Gasteiger partial charge in [0.1, 0.15) is 25.1 Å². The van der Waals surface area contributed by atoms with Crippen LogP contribution in [0.4, 0.5) is 18.4 Å². The minimum atomic E-state index is -2.80. The van der Waals surface area contributed by atoms with E-state index in [0.29, 0.717) is 43.3 Å². The summed E-state index contributed by atoms with van der Waals surface area (Å²) in [5, 5.41) is 17.0. The number of ether oxygens (including phenoxy) is 2. The third-order valence-electron chi connectivity index (χ3n) is 9.48. The van der Waals surface area contributed by atoms with E-state index in [9.17, 15) is 18.4 Å². The van der Waals surface area contributed by atoms with Gasteiger partial charge in [-0.1, -0.05) is 93.0 Å². The Hall–Kier alpha value is -6.16. The highest BCUT2D eigenvalue weighted by Crippen LogP contribution is 2.43. The molecule has 296 valence electrons. The molecule has 57 heavy (non-hydrogen) atoms. The fourth-order valence-corrected chi connectivity index (χ4v) is 6.95. The number of alkyl halides is 2. The number of hydrogen-bond acceptors (Lipinski definition) is 8. The smallest absolute Gasteiger partial charge is 0.437 e. The van der Waals surface area contributed by atoms with Crippen molar-refractivity contribution < 1.29 is 32.6 Å². The van der Waals surface area contributed by atoms with E-state index in [1.807, 2.05) is 39.0 Å². The molecule has 3 heterocycles. The number of nitrogens with zero attached hydrogens (tertiary/aromatic N) is 6. The Morgan fingerprint density at radius 3 is 2.46 bits per heavy atom. The van der Waals surface area contributed by atoms with Crippen LogP contribution in [0.3, 0.4) is 0 Å². The van der Waals surface area contributed by atoms with Gasteiger partial charge in [-0.25, -0.2) is 19.3 Å². The lowest BCUT2D eigenvalue weighted by Crippen LogP contribution is -2.47. The lowest BCUT2D eigenvalue weighted by atomic mass is 9.75. The molecule has 3 aromatic carbocycles. The number of rotatable bonds is 12. The molecule has 3 amide bonds. The standard InChI is InChI=1S/C40H40ClF2N9O5/c1-39(2,3)22-40(28-12-9-25(10-13-28)27-18-46-51(19-27)35(42)43)34(53)52(36(49-40)48-38(55)56-20-24-7-5-4-6-8-24)32(21-57-37(54)47-29-14-15-29)26-11-16-31(41)30(17-26)33-44-23-45-50-33/h4-13,16-19,23,29,32,35H,14-15,20-22H2,1-3H3,(H,47,54)(H,44,45,50)(H,48,49,55)/t32-,40-/m1/s1. The van der Waals surface area contributed by atoms with Crippen LogP contribution in [0.1, 0.15) is 69.3 Å². The van der Waals surface area contributed by atoms with E-state index < -0.39 is 41.6 Å². The fraction of sp³-hybridized carbons (Fsp3) is 0.325. The summed E-state index contributed by atoms with van der Waals surface area (Å²) in [5.41, 5.74) is 1.19. The van der Waals surface area contributed by atoms with E-state index in [1.54, 1.807) is 54.6 Å². The summed E-state index contributed by atoms with van der Waals surface area (Å²) in [6, 6.07) is 19.9. The van der Waals surface area contributed by atoms with Crippen LogP contribution in [0, 0.1) is 5.41 Å². The number of nitrogens with one attached hydrogen (secondary N) is 3. The van der Waals surface area contributed by atoms with Gasteiger partial charge in [0.2, 0.25) is 5.96 Å². The molecule has 0 bridgehead atoms. The van der Waals surface area contributed by atoms with Crippen LogP contribution in [0.2, 0.25) is 5.02 Å². The normalized spacial score (nSPS) is 18.1. The number of aromatic amines is 1. The number of hydrogen-bond donors (Lipinski definition) is 3. The number of H-pyrrole nitrogens is 1. The molecule has 2 aliphatic rings. The molecule has 2 fully saturated rings. The lowest BCUT2D eigenvalue weighted by molar-refractivity contribution is -0.134. The first-order chi connectivity index (χ1) is 27.3. The second-order valence-corrected chi connectivity index (χ2v) is 15.5. The van der Waals surface area contributed by atoms with Gasteiger partial charge in [0.05, 0.1) is 17.3 Å². The molecule has 0 spiro atoms. The molecule has 2 aromatic heterocycles. The summed E-state index contributed by atoms with van der Waals surface area (Å²) < 4.78 is 38.6. The molecule has 3 N–H and O–H groups in total. The van der Waals surface area contributed by atoms with Gasteiger partial charge in [-0.05, 0) is 59.1 Å². The number of benzene rings is 3. The summed E-state index contributed by atoms with van der Waals surface area (Å²) in [5.74, 6) is -0.284. The fourth-order valence-electron chi connectivity index (χ4n) is 6.75. The zero-order valence-electron chi connectivity index (χ0n) is 31.3. The maximum absolute atomic E-state index is 15.5. The van der Waals surface area contributed by atoms with Gasteiger partial charge in [0.25, 0.3) is 5.91 Å². The Morgan fingerprint density at radius 1 is 1.05 bits per heavy atom. The average Bonchev–Trinajstić information content (AvgIpc) is 3.52. The molecule has 17 heteroatoms. The van der Waals surface area contributed by atoms with Crippen LogP contribution in [-0.2, 0) is 26.4 Å². The van der Waals surface area contributed by atoms with Crippen LogP contribution < -0.4 is 10.6 Å². The number of guanidine groups is 1. The predicted molar refractivity (Wildman–Crippen MR) is 206 cm³/mol. The Morgan fingerprint density at radius 2 is 1.81 bits per heavy atom. The topological polar surface area (TPSA) is 169 Å². The van der Waals surface area contributed by atoms with Gasteiger partial charge in [-0.3, -0.25) is 14.8 Å². The summed E-state index contributed by atoms with van der Waals surface area (Å²) in [4.78, 5) is 51.9. The zero-order chi connectivity index (χ0) is 40.3. The lowest BCUT2D eigenvalue weighted by Gasteiger charge is -2.35. The molecule has 5 aromatic rings. The van der Waals surface area contributed by atoms with Crippen molar-refractivity contribution in [2.75, 3.05) is 6.61 Å². The number of aromatic nitrogens is 5. The highest BCUT2D eigenvalue weighted by Gasteiger charge is 2.55. The number of aliphatic imine (C=N–C) groups is 1. The molecule has 1 saturated heterocycles. The molecule has 0 radical (unpaired) electrons. The molecule has 14 nitrogen and oxygen atoms in total. The van der Waals surface area contributed by atoms with Crippen molar-refractivity contribution >= 4 is 35.7 Å². The van der Waals surface area contributed by atoms with Crippen molar-refractivity contribution in [2.45, 2.75) is 70.8 Å². The first-order valence-corrected chi connectivity index (χ1v) is 18.6. The van der Waals surface area contributed by atoms with Gasteiger partial charge in [0.15, 0.2) is 5.82 Å². The largest absolute Gasteiger partial charge is 0.447 e. The van der Waals surface area contributed by atoms with Crippen LogP contribution in [0.15, 0.2) is 96.5 Å². The highest BCUT2D eigenvalue weighted by atomic mass is 35.5. The molecular weight excluding hydrogens is 760 g/mol. The molecule has 7 rings (SSSR count). The summed E-state index contributed by atoms with van der Waals surface area (Å²) >= 11 is 6.62. The Kier molecular flexibility index (Phi) is 11.1. The van der Waals surface area contributed by atoms with E-state index in [4.69, 9.17) is 21.1 Å². The molecule has 2 atom stereocenters. The molecule has 1 saturated carbocycles. The number of carbonyl (C=O) groups excluding carboxylic acids is 3. The van der Waals surface area contributed by atoms with E-state index in [1.165, 1.54) is 23.6 Å². The second-order valence-electron chi connectivity index (χ2n) is 15.1. The van der Waals surface area contributed by atoms with Crippen LogP contribution in [0.25, 0.3) is 22.5 Å². The van der Waals surface area contributed by atoms with Gasteiger partial charge in [0, 0.05) is 23.4 Å². The number of carbonyl (C=O) groups is 3. The first-order valence-electron chi connectivity index (χ1n) is 18.2. The summed E-state index contributed by atoms with van der Waals surface area (Å²) in [7, 11) is 0. The maximum atomic E-state index is 15.5. The zero-order valence-corrected chi connectivity index (χ0v) is 32.0. The van der Waals surface area contributed by atoms with Crippen molar-refractivity contribution in [3.63, 3.8) is 0 Å². The third-order valence-corrected chi connectivity index (χ3v) is 9.81. The SMILES string of the molecule is CC(C)(C)C[C@]1(c2ccc(-c3cnn(C(F)F)c3)cc2)N/C(=N/C(=O)OCc2ccccc2)N([C@H](COC(=O)NC2CC2)c2ccc(Cl)c(-c3ncn[nH]3)c2)C1=O. The Balaban J connectivity index is 1.33. The molecule has 0 unspecified atom stereocenters. The quantitative estimate of drug-likeness (QED) is 0.114. The second kappa shape index (κ2) is 16.1. The molecule has 1 aliphatic carbocycles. The van der Waals surface area contributed by atoms with Crippen LogP contribution in [0.5, 0.6) is 0 Å². The predicted octanol–water partition coefficient (Wildman–Crippen LogP) is 7.77. The van der Waals surface area contributed by atoms with E-state index >= 15 is 4.79 Å². The van der Waals surface area contributed by atoms with Crippen molar-refractivity contribution in [1.82, 2.24) is 40.5 Å². The van der Waals surface area contributed by atoms with Crippen molar-refractivity contribution in [3.05, 3.63) is 113 Å². The van der Waals surface area contributed by atoms with Crippen molar-refractivity contribution in [3.8, 4) is 22.5 Å². The van der Waals surface area contributed by atoms with Crippen molar-refractivity contribution in [1.29, 1.82) is 0 Å². The van der Waals surface area contributed by atoms with E-state index in [-0.39, 0.29) is 31.6 Å². The summed E-state index contributed by atoms with van der Waals surface area (Å²) in [6.07, 6.45) is 4.13. The Bertz CT molecular complexity index is 2260. The number of amides is 3. The molecule has 1 aliphatic heterocycles. The average molecular weight is 800 g/mol. The van der Waals surface area contributed by atoms with Crippen LogP contribution >= 0.6 is 11.6 Å². The highest BCUT2D eigenvalue weighted by molar-refractivity contribution is 6.33. The number of halogens is 3. The third kappa shape index (κ3) is 8.96. The number of alkyl carbamates (subject to hydrolysis) is 1. The monoisotopic (exact) mass is 799 g/mol. The van der Waals surface area contributed by atoms with E-state index in [0.717, 1.165) is 18.4 Å². The van der Waals surface area contributed by atoms with Gasteiger partial charge >= 0.3 is 18.7 Å². The van der Waals surface area contributed by atoms with Gasteiger partial charge < -0.3 is 20.1 Å². The van der Waals surface area contributed by atoms with E-state index in [2.05, 4.69) is 35.9 Å². The van der Waals surface area contributed by atoms with Crippen molar-refractivity contribution in [2.24, 2.45) is 10.4 Å². The Labute approximate surface area is 331 Å². The maximum Gasteiger partial charge on any atom is 0.437 e.